The number of furan rings is 1. The molecule has 0 bridgehead atoms. The first-order valence-electron chi connectivity index (χ1n) is 5.54. The van der Waals surface area contributed by atoms with Crippen LogP contribution < -0.4 is 0 Å². The third-order valence-electron chi connectivity index (χ3n) is 2.98. The molecule has 2 heteroatoms. The molecule has 0 radical (unpaired) electrons. The molecule has 0 spiro atoms. The van der Waals surface area contributed by atoms with Gasteiger partial charge in [-0.15, -0.1) is 0 Å². The Morgan fingerprint density at radius 2 is 1.76 bits per heavy atom. The first-order chi connectivity index (χ1) is 8.36. The Bertz CT molecular complexity index is 621. The second-order valence-corrected chi connectivity index (χ2v) is 4.03. The van der Waals surface area contributed by atoms with E-state index in [2.05, 4.69) is 0 Å². The van der Waals surface area contributed by atoms with E-state index in [-0.39, 0.29) is 0 Å². The van der Waals surface area contributed by atoms with Crippen LogP contribution in [-0.2, 0) is 0 Å². The monoisotopic (exact) mass is 224 g/mol. The molecule has 0 aliphatic rings. The number of hydrogen-bond acceptors (Lipinski definition) is 2. The van der Waals surface area contributed by atoms with Crippen molar-refractivity contribution in [3.05, 3.63) is 72.2 Å². The van der Waals surface area contributed by atoms with Gasteiger partial charge in [0, 0.05) is 5.56 Å². The summed E-state index contributed by atoms with van der Waals surface area (Å²) in [6.45, 7) is 0. The van der Waals surface area contributed by atoms with Crippen LogP contribution in [0.5, 0.6) is 0 Å². The van der Waals surface area contributed by atoms with Crippen LogP contribution in [-0.4, -0.2) is 5.11 Å². The molecule has 0 unspecified atom stereocenters. The standard InChI is InChI=1S/C15H12O2/c16-15(12-8-9-17-10-12)14-7-3-5-11-4-1-2-6-13(11)14/h1-10,15-16H/t15-/m1/s1. The lowest BCUT2D eigenvalue weighted by Crippen LogP contribution is -1.98. The fraction of sp³-hybridized carbons (Fsp3) is 0.0667. The lowest BCUT2D eigenvalue weighted by atomic mass is 9.97. The molecule has 0 aliphatic carbocycles. The highest BCUT2D eigenvalue weighted by molar-refractivity contribution is 5.86. The zero-order valence-electron chi connectivity index (χ0n) is 9.21. The average molecular weight is 224 g/mol. The van der Waals surface area contributed by atoms with Crippen molar-refractivity contribution >= 4 is 10.8 Å². The van der Waals surface area contributed by atoms with E-state index in [9.17, 15) is 5.11 Å². The summed E-state index contributed by atoms with van der Waals surface area (Å²) < 4.78 is 5.01. The van der Waals surface area contributed by atoms with Crippen LogP contribution in [0.2, 0.25) is 0 Å². The van der Waals surface area contributed by atoms with Crippen molar-refractivity contribution in [1.82, 2.24) is 0 Å². The van der Waals surface area contributed by atoms with Gasteiger partial charge in [-0.3, -0.25) is 0 Å². The van der Waals surface area contributed by atoms with Crippen molar-refractivity contribution < 1.29 is 9.52 Å². The van der Waals surface area contributed by atoms with Gasteiger partial charge in [-0.1, -0.05) is 42.5 Å². The van der Waals surface area contributed by atoms with Gasteiger partial charge in [0.15, 0.2) is 0 Å². The summed E-state index contributed by atoms with van der Waals surface area (Å²) in [7, 11) is 0. The molecule has 0 amide bonds. The topological polar surface area (TPSA) is 33.4 Å². The second-order valence-electron chi connectivity index (χ2n) is 4.03. The SMILES string of the molecule is O[C@H](c1ccoc1)c1cccc2ccccc12. The Hall–Kier alpha value is -2.06. The summed E-state index contributed by atoms with van der Waals surface area (Å²) in [6, 6.07) is 15.8. The number of aliphatic hydroxyl groups excluding tert-OH is 1. The van der Waals surface area contributed by atoms with E-state index < -0.39 is 6.10 Å². The van der Waals surface area contributed by atoms with E-state index in [0.29, 0.717) is 0 Å². The minimum atomic E-state index is -0.639. The van der Waals surface area contributed by atoms with E-state index in [4.69, 9.17) is 4.42 Å². The summed E-state index contributed by atoms with van der Waals surface area (Å²) in [5.74, 6) is 0. The Morgan fingerprint density at radius 1 is 0.941 bits per heavy atom. The lowest BCUT2D eigenvalue weighted by molar-refractivity contribution is 0.221. The average Bonchev–Trinajstić information content (AvgIpc) is 2.91. The molecule has 1 N–H and O–H groups in total. The van der Waals surface area contributed by atoms with Crippen molar-refractivity contribution in [2.75, 3.05) is 0 Å². The van der Waals surface area contributed by atoms with Gasteiger partial charge in [0.25, 0.3) is 0 Å². The highest BCUT2D eigenvalue weighted by atomic mass is 16.3. The molecule has 1 heterocycles. The molecular formula is C15H12O2. The minimum Gasteiger partial charge on any atom is -0.472 e. The maximum absolute atomic E-state index is 10.3. The van der Waals surface area contributed by atoms with Crippen molar-refractivity contribution in [2.24, 2.45) is 0 Å². The third kappa shape index (κ3) is 1.73. The quantitative estimate of drug-likeness (QED) is 0.722. The molecule has 0 saturated heterocycles. The molecule has 2 aromatic carbocycles. The normalized spacial score (nSPS) is 12.8. The third-order valence-corrected chi connectivity index (χ3v) is 2.98. The maximum atomic E-state index is 10.3. The highest BCUT2D eigenvalue weighted by Gasteiger charge is 2.13. The van der Waals surface area contributed by atoms with E-state index in [1.165, 1.54) is 0 Å². The summed E-state index contributed by atoms with van der Waals surface area (Å²) in [4.78, 5) is 0. The Morgan fingerprint density at radius 3 is 2.59 bits per heavy atom. The van der Waals surface area contributed by atoms with Crippen LogP contribution in [0.3, 0.4) is 0 Å². The first kappa shape index (κ1) is 10.1. The summed E-state index contributed by atoms with van der Waals surface area (Å²) in [5.41, 5.74) is 1.69. The predicted molar refractivity (Wildman–Crippen MR) is 66.7 cm³/mol. The second kappa shape index (κ2) is 4.07. The van der Waals surface area contributed by atoms with E-state index in [0.717, 1.165) is 21.9 Å². The van der Waals surface area contributed by atoms with Crippen LogP contribution in [0.1, 0.15) is 17.2 Å². The zero-order valence-corrected chi connectivity index (χ0v) is 9.21. The van der Waals surface area contributed by atoms with Gasteiger partial charge in [0.2, 0.25) is 0 Å². The van der Waals surface area contributed by atoms with E-state index in [1.54, 1.807) is 18.6 Å². The smallest absolute Gasteiger partial charge is 0.108 e. The predicted octanol–water partition coefficient (Wildman–Crippen LogP) is 3.51. The van der Waals surface area contributed by atoms with Gasteiger partial charge in [-0.25, -0.2) is 0 Å². The van der Waals surface area contributed by atoms with E-state index >= 15 is 0 Å². The molecule has 2 nitrogen and oxygen atoms in total. The number of rotatable bonds is 2. The Balaban J connectivity index is 2.17. The maximum Gasteiger partial charge on any atom is 0.108 e. The molecule has 17 heavy (non-hydrogen) atoms. The van der Waals surface area contributed by atoms with Crippen LogP contribution in [0.15, 0.2) is 65.5 Å². The summed E-state index contributed by atoms with van der Waals surface area (Å²) in [6.07, 6.45) is 2.51. The van der Waals surface area contributed by atoms with Crippen molar-refractivity contribution in [3.8, 4) is 0 Å². The van der Waals surface area contributed by atoms with Gasteiger partial charge < -0.3 is 9.52 Å². The molecule has 3 rings (SSSR count). The molecule has 1 aromatic heterocycles. The number of benzene rings is 2. The van der Waals surface area contributed by atoms with Gasteiger partial charge in [0.1, 0.15) is 6.10 Å². The van der Waals surface area contributed by atoms with Crippen LogP contribution in [0.4, 0.5) is 0 Å². The van der Waals surface area contributed by atoms with Crippen molar-refractivity contribution in [3.63, 3.8) is 0 Å². The molecule has 0 saturated carbocycles. The fourth-order valence-corrected chi connectivity index (χ4v) is 2.10. The number of aliphatic hydroxyl groups is 1. The molecular weight excluding hydrogens is 212 g/mol. The number of fused-ring (bicyclic) bond motifs is 1. The lowest BCUT2D eigenvalue weighted by Gasteiger charge is -2.11. The molecule has 3 aromatic rings. The van der Waals surface area contributed by atoms with E-state index in [1.807, 2.05) is 42.5 Å². The largest absolute Gasteiger partial charge is 0.472 e. The molecule has 0 fully saturated rings. The van der Waals surface area contributed by atoms with Crippen LogP contribution in [0, 0.1) is 0 Å². The van der Waals surface area contributed by atoms with Gasteiger partial charge in [-0.05, 0) is 22.4 Å². The van der Waals surface area contributed by atoms with Crippen molar-refractivity contribution in [2.45, 2.75) is 6.10 Å². The van der Waals surface area contributed by atoms with Gasteiger partial charge in [0.05, 0.1) is 12.5 Å². The first-order valence-corrected chi connectivity index (χ1v) is 5.54. The summed E-state index contributed by atoms with van der Waals surface area (Å²) >= 11 is 0. The highest BCUT2D eigenvalue weighted by Crippen LogP contribution is 2.28. The van der Waals surface area contributed by atoms with Gasteiger partial charge in [-0.2, -0.15) is 0 Å². The molecule has 84 valence electrons. The fourth-order valence-electron chi connectivity index (χ4n) is 2.10. The van der Waals surface area contributed by atoms with Crippen LogP contribution >= 0.6 is 0 Å². The Labute approximate surface area is 99.1 Å². The van der Waals surface area contributed by atoms with Crippen molar-refractivity contribution in [1.29, 1.82) is 0 Å². The summed E-state index contributed by atoms with van der Waals surface area (Å²) in [5, 5.41) is 12.5. The Kier molecular flexibility index (Phi) is 2.42. The van der Waals surface area contributed by atoms with Gasteiger partial charge >= 0.3 is 0 Å². The number of hydrogen-bond donors (Lipinski definition) is 1. The van der Waals surface area contributed by atoms with Crippen LogP contribution in [0.25, 0.3) is 10.8 Å². The minimum absolute atomic E-state index is 0.639. The zero-order chi connectivity index (χ0) is 11.7. The molecule has 1 atom stereocenters. The molecule has 0 aliphatic heterocycles.